The third-order valence-corrected chi connectivity index (χ3v) is 3.60. The summed E-state index contributed by atoms with van der Waals surface area (Å²) in [5.74, 6) is 1.24. The quantitative estimate of drug-likeness (QED) is 0.849. The van der Waals surface area contributed by atoms with Crippen LogP contribution in [0.5, 0.6) is 5.75 Å². The van der Waals surface area contributed by atoms with Gasteiger partial charge in [0.1, 0.15) is 5.75 Å². The van der Waals surface area contributed by atoms with Gasteiger partial charge in [0, 0.05) is 36.7 Å². The van der Waals surface area contributed by atoms with E-state index in [0.29, 0.717) is 5.75 Å². The van der Waals surface area contributed by atoms with Crippen molar-refractivity contribution in [2.45, 2.75) is 13.3 Å². The molecule has 0 bridgehead atoms. The van der Waals surface area contributed by atoms with Crippen LogP contribution in [-0.4, -0.2) is 34.6 Å². The van der Waals surface area contributed by atoms with Crippen LogP contribution in [0.3, 0.4) is 0 Å². The molecule has 2 aromatic rings. The van der Waals surface area contributed by atoms with Crippen LogP contribution in [0.1, 0.15) is 12.5 Å². The van der Waals surface area contributed by atoms with Crippen LogP contribution in [0.15, 0.2) is 24.4 Å². The van der Waals surface area contributed by atoms with E-state index in [0.717, 1.165) is 29.8 Å². The van der Waals surface area contributed by atoms with E-state index in [1.165, 1.54) is 18.7 Å². The van der Waals surface area contributed by atoms with Gasteiger partial charge in [-0.1, -0.05) is 13.0 Å². The van der Waals surface area contributed by atoms with Gasteiger partial charge in [0.05, 0.1) is 0 Å². The second kappa shape index (κ2) is 4.08. The molecule has 1 aliphatic heterocycles. The molecule has 2 N–H and O–H groups in total. The Morgan fingerprint density at radius 3 is 3.00 bits per heavy atom. The van der Waals surface area contributed by atoms with Crippen molar-refractivity contribution < 1.29 is 5.11 Å². The highest BCUT2D eigenvalue weighted by Gasteiger charge is 2.22. The van der Waals surface area contributed by atoms with E-state index in [-0.39, 0.29) is 0 Å². The molecule has 0 radical (unpaired) electrons. The van der Waals surface area contributed by atoms with Crippen LogP contribution in [0.2, 0.25) is 0 Å². The molecule has 1 fully saturated rings. The van der Waals surface area contributed by atoms with Gasteiger partial charge in [0.2, 0.25) is 0 Å². The third kappa shape index (κ3) is 1.91. The zero-order valence-corrected chi connectivity index (χ0v) is 10.1. The summed E-state index contributed by atoms with van der Waals surface area (Å²) in [6.07, 6.45) is 3.03. The van der Waals surface area contributed by atoms with Crippen LogP contribution >= 0.6 is 0 Å². The van der Waals surface area contributed by atoms with Crippen LogP contribution in [0.4, 0.5) is 0 Å². The van der Waals surface area contributed by atoms with Gasteiger partial charge in [-0.25, -0.2) is 0 Å². The summed E-state index contributed by atoms with van der Waals surface area (Å²) < 4.78 is 0. The zero-order valence-electron chi connectivity index (χ0n) is 10.1. The number of aromatic hydroxyl groups is 1. The predicted molar refractivity (Wildman–Crippen MR) is 69.3 cm³/mol. The number of phenols is 1. The lowest BCUT2D eigenvalue weighted by atomic mass is 10.0. The maximum absolute atomic E-state index is 9.89. The molecule has 3 rings (SSSR count). The molecule has 0 spiro atoms. The van der Waals surface area contributed by atoms with Crippen LogP contribution in [0.25, 0.3) is 10.9 Å². The largest absolute Gasteiger partial charge is 0.507 e. The molecule has 0 atom stereocenters. The van der Waals surface area contributed by atoms with Crippen LogP contribution in [0, 0.1) is 5.92 Å². The highest BCUT2D eigenvalue weighted by molar-refractivity contribution is 5.88. The van der Waals surface area contributed by atoms with Gasteiger partial charge >= 0.3 is 0 Å². The predicted octanol–water partition coefficient (Wildman–Crippen LogP) is 2.37. The Morgan fingerprint density at radius 2 is 2.24 bits per heavy atom. The number of H-pyrrole nitrogens is 1. The first-order valence-corrected chi connectivity index (χ1v) is 6.24. The molecule has 0 aliphatic carbocycles. The van der Waals surface area contributed by atoms with E-state index in [9.17, 15) is 5.11 Å². The van der Waals surface area contributed by atoms with Gasteiger partial charge in [-0.2, -0.15) is 0 Å². The lowest BCUT2D eigenvalue weighted by Gasteiger charge is -2.37. The average Bonchev–Trinajstić information content (AvgIpc) is 2.68. The Bertz CT molecular complexity index is 526. The summed E-state index contributed by atoms with van der Waals surface area (Å²) in [7, 11) is 0. The lowest BCUT2D eigenvalue weighted by Crippen LogP contribution is -2.45. The number of fused-ring (bicyclic) bond motifs is 1. The maximum Gasteiger partial charge on any atom is 0.125 e. The van der Waals surface area contributed by atoms with Crippen molar-refractivity contribution in [3.8, 4) is 5.75 Å². The molecule has 1 aliphatic rings. The van der Waals surface area contributed by atoms with E-state index in [4.69, 9.17) is 0 Å². The van der Waals surface area contributed by atoms with Crippen molar-refractivity contribution in [2.24, 2.45) is 5.92 Å². The minimum Gasteiger partial charge on any atom is -0.507 e. The number of hydrogen-bond acceptors (Lipinski definition) is 2. The minimum absolute atomic E-state index is 0.385. The van der Waals surface area contributed by atoms with E-state index >= 15 is 0 Å². The second-order valence-electron chi connectivity index (χ2n) is 5.13. The van der Waals surface area contributed by atoms with Gasteiger partial charge in [0.25, 0.3) is 0 Å². The summed E-state index contributed by atoms with van der Waals surface area (Å²) in [6, 6.07) is 5.63. The number of benzene rings is 1. The molecule has 1 aromatic carbocycles. The second-order valence-corrected chi connectivity index (χ2v) is 5.13. The topological polar surface area (TPSA) is 39.3 Å². The fourth-order valence-electron chi connectivity index (χ4n) is 2.72. The summed E-state index contributed by atoms with van der Waals surface area (Å²) in [4.78, 5) is 5.68. The Labute approximate surface area is 101 Å². The highest BCUT2D eigenvalue weighted by atomic mass is 16.3. The molecule has 1 saturated heterocycles. The normalized spacial score (nSPS) is 17.5. The number of phenolic OH excluding ortho intramolecular Hbond substituents is 1. The summed E-state index contributed by atoms with van der Waals surface area (Å²) >= 11 is 0. The first kappa shape index (κ1) is 10.7. The van der Waals surface area contributed by atoms with Gasteiger partial charge in [0.15, 0.2) is 0 Å². The molecule has 0 unspecified atom stereocenters. The fraction of sp³-hybridized carbons (Fsp3) is 0.429. The smallest absolute Gasteiger partial charge is 0.125 e. The van der Waals surface area contributed by atoms with Crippen molar-refractivity contribution in [1.82, 2.24) is 9.88 Å². The molecule has 3 heteroatoms. The lowest BCUT2D eigenvalue weighted by molar-refractivity contribution is 0.115. The van der Waals surface area contributed by atoms with Gasteiger partial charge in [-0.3, -0.25) is 0 Å². The minimum atomic E-state index is 0.385. The molecule has 0 amide bonds. The van der Waals surface area contributed by atoms with Gasteiger partial charge in [-0.15, -0.1) is 0 Å². The number of nitrogens with one attached hydrogen (secondary N) is 1. The number of likely N-dealkylation sites (tertiary alicyclic amines) is 1. The van der Waals surface area contributed by atoms with Crippen molar-refractivity contribution in [2.75, 3.05) is 19.6 Å². The van der Waals surface area contributed by atoms with Gasteiger partial charge in [-0.05, 0) is 30.0 Å². The Kier molecular flexibility index (Phi) is 2.56. The van der Waals surface area contributed by atoms with Crippen molar-refractivity contribution in [3.05, 3.63) is 30.0 Å². The molecule has 1 aromatic heterocycles. The summed E-state index contributed by atoms with van der Waals surface area (Å²) in [5, 5.41) is 10.9. The maximum atomic E-state index is 9.89. The van der Waals surface area contributed by atoms with Crippen molar-refractivity contribution >= 4 is 10.9 Å². The Balaban J connectivity index is 1.76. The SMILES string of the molecule is CC1CN(CCc2c[nH]c3cccc(O)c23)C1. The van der Waals surface area contributed by atoms with E-state index in [1.54, 1.807) is 6.07 Å². The van der Waals surface area contributed by atoms with E-state index in [2.05, 4.69) is 16.8 Å². The standard InChI is InChI=1S/C14H18N2O/c1-10-8-16(9-10)6-5-11-7-15-12-3-2-4-13(17)14(11)12/h2-4,7,10,15,17H,5-6,8-9H2,1H3. The van der Waals surface area contributed by atoms with Gasteiger partial charge < -0.3 is 15.0 Å². The summed E-state index contributed by atoms with van der Waals surface area (Å²) in [6.45, 7) is 5.81. The third-order valence-electron chi connectivity index (χ3n) is 3.60. The fourth-order valence-corrected chi connectivity index (χ4v) is 2.72. The first-order valence-electron chi connectivity index (χ1n) is 6.24. The average molecular weight is 230 g/mol. The zero-order chi connectivity index (χ0) is 11.8. The van der Waals surface area contributed by atoms with E-state index in [1.807, 2.05) is 18.3 Å². The molecule has 90 valence electrons. The molecular formula is C14H18N2O. The number of nitrogens with zero attached hydrogens (tertiary/aromatic N) is 1. The van der Waals surface area contributed by atoms with Crippen LogP contribution in [-0.2, 0) is 6.42 Å². The molecule has 17 heavy (non-hydrogen) atoms. The first-order chi connectivity index (χ1) is 8.24. The number of hydrogen-bond donors (Lipinski definition) is 2. The number of rotatable bonds is 3. The Morgan fingerprint density at radius 1 is 1.41 bits per heavy atom. The van der Waals surface area contributed by atoms with E-state index < -0.39 is 0 Å². The summed E-state index contributed by atoms with van der Waals surface area (Å²) in [5.41, 5.74) is 2.25. The monoisotopic (exact) mass is 230 g/mol. The molecule has 2 heterocycles. The molecular weight excluding hydrogens is 212 g/mol. The number of aromatic amines is 1. The Hall–Kier alpha value is -1.48. The highest BCUT2D eigenvalue weighted by Crippen LogP contribution is 2.28. The molecule has 0 saturated carbocycles. The van der Waals surface area contributed by atoms with Crippen LogP contribution < -0.4 is 0 Å². The molecule has 3 nitrogen and oxygen atoms in total. The number of aromatic nitrogens is 1. The van der Waals surface area contributed by atoms with Crippen molar-refractivity contribution in [1.29, 1.82) is 0 Å². The van der Waals surface area contributed by atoms with Crippen molar-refractivity contribution in [3.63, 3.8) is 0 Å².